The molecule has 58 valence electrons. The minimum atomic E-state index is 0. The third-order valence-electron chi connectivity index (χ3n) is 1.86. The van der Waals surface area contributed by atoms with Gasteiger partial charge in [-0.05, 0) is 24.1 Å². The van der Waals surface area contributed by atoms with Crippen molar-refractivity contribution in [3.05, 3.63) is 30.1 Å². The molecule has 2 nitrogen and oxygen atoms in total. The first-order chi connectivity index (χ1) is 5.40. The van der Waals surface area contributed by atoms with Crippen molar-refractivity contribution < 1.29 is 1.43 Å². The lowest BCUT2D eigenvalue weighted by Gasteiger charge is -1.94. The fourth-order valence-corrected chi connectivity index (χ4v) is 1.17. The van der Waals surface area contributed by atoms with Crippen LogP contribution >= 0.6 is 0 Å². The van der Waals surface area contributed by atoms with Gasteiger partial charge >= 0.3 is 0 Å². The summed E-state index contributed by atoms with van der Waals surface area (Å²) in [4.78, 5) is 7.41. The van der Waals surface area contributed by atoms with Crippen molar-refractivity contribution in [2.45, 2.75) is 13.3 Å². The fraction of sp³-hybridized carbons (Fsp3) is 0.222. The van der Waals surface area contributed by atoms with E-state index in [2.05, 4.69) is 23.0 Å². The molecule has 0 amide bonds. The first-order valence-corrected chi connectivity index (χ1v) is 3.82. The Balaban J connectivity index is 0.000000720. The lowest BCUT2D eigenvalue weighted by molar-refractivity contribution is 1.12. The molecule has 0 spiro atoms. The molecule has 2 aromatic rings. The number of nitrogens with one attached hydrogen (secondary N) is 1. The van der Waals surface area contributed by atoms with E-state index in [9.17, 15) is 0 Å². The smallest absolute Gasteiger partial charge is 0.0878 e. The molecule has 0 saturated heterocycles. The second kappa shape index (κ2) is 2.38. The number of aryl methyl sites for hydroxylation is 1. The zero-order chi connectivity index (χ0) is 7.68. The van der Waals surface area contributed by atoms with Gasteiger partial charge in [-0.15, -0.1) is 0 Å². The largest absolute Gasteiger partial charge is 0.360 e. The predicted octanol–water partition coefficient (Wildman–Crippen LogP) is 2.37. The molecule has 0 saturated carbocycles. The van der Waals surface area contributed by atoms with Crippen LogP contribution in [0.4, 0.5) is 0 Å². The second-order valence-electron chi connectivity index (χ2n) is 2.61. The number of aromatic amines is 1. The topological polar surface area (TPSA) is 28.7 Å². The molecule has 11 heavy (non-hydrogen) atoms. The first-order valence-electron chi connectivity index (χ1n) is 3.82. The molecular formula is C9H12N2. The van der Waals surface area contributed by atoms with Crippen molar-refractivity contribution >= 4 is 11.0 Å². The van der Waals surface area contributed by atoms with Crippen molar-refractivity contribution in [2.75, 3.05) is 0 Å². The van der Waals surface area contributed by atoms with Gasteiger partial charge in [-0.2, -0.15) is 0 Å². The van der Waals surface area contributed by atoms with Crippen LogP contribution in [0.15, 0.2) is 24.5 Å². The van der Waals surface area contributed by atoms with Gasteiger partial charge in [0.25, 0.3) is 0 Å². The van der Waals surface area contributed by atoms with E-state index < -0.39 is 0 Å². The molecule has 0 unspecified atom stereocenters. The van der Waals surface area contributed by atoms with E-state index >= 15 is 0 Å². The molecule has 0 aliphatic rings. The molecule has 0 fully saturated rings. The molecule has 0 aliphatic carbocycles. The van der Waals surface area contributed by atoms with Gasteiger partial charge in [-0.25, -0.2) is 0 Å². The first kappa shape index (κ1) is 6.40. The van der Waals surface area contributed by atoms with Crippen molar-refractivity contribution in [1.29, 1.82) is 0 Å². The van der Waals surface area contributed by atoms with Gasteiger partial charge in [0.1, 0.15) is 0 Å². The molecule has 0 atom stereocenters. The zero-order valence-electron chi connectivity index (χ0n) is 6.46. The lowest BCUT2D eigenvalue weighted by atomic mass is 10.2. The fourth-order valence-electron chi connectivity index (χ4n) is 1.17. The van der Waals surface area contributed by atoms with Crippen molar-refractivity contribution in [1.82, 2.24) is 9.97 Å². The van der Waals surface area contributed by atoms with Crippen LogP contribution in [-0.4, -0.2) is 9.97 Å². The third kappa shape index (κ3) is 1.00. The number of rotatable bonds is 1. The van der Waals surface area contributed by atoms with Crippen molar-refractivity contribution in [2.24, 2.45) is 0 Å². The van der Waals surface area contributed by atoms with E-state index in [0.717, 1.165) is 17.5 Å². The van der Waals surface area contributed by atoms with Crippen LogP contribution in [0.1, 0.15) is 13.9 Å². The quantitative estimate of drug-likeness (QED) is 0.660. The second-order valence-corrected chi connectivity index (χ2v) is 2.61. The van der Waals surface area contributed by atoms with Gasteiger partial charge in [-0.1, -0.05) is 6.92 Å². The van der Waals surface area contributed by atoms with Crippen LogP contribution in [0.5, 0.6) is 0 Å². The highest BCUT2D eigenvalue weighted by Gasteiger charge is 1.95. The third-order valence-corrected chi connectivity index (χ3v) is 1.86. The Morgan fingerprint density at radius 1 is 1.64 bits per heavy atom. The van der Waals surface area contributed by atoms with E-state index in [0.29, 0.717) is 0 Å². The Bertz CT molecular complexity index is 367. The monoisotopic (exact) mass is 148 g/mol. The molecule has 2 heteroatoms. The maximum absolute atomic E-state index is 4.28. The minimum Gasteiger partial charge on any atom is -0.360 e. The summed E-state index contributed by atoms with van der Waals surface area (Å²) in [5.41, 5.74) is 3.45. The van der Waals surface area contributed by atoms with Crippen LogP contribution in [0.25, 0.3) is 11.0 Å². The summed E-state index contributed by atoms with van der Waals surface area (Å²) in [6, 6.07) is 4.12. The average Bonchev–Trinajstić information content (AvgIpc) is 2.50. The maximum Gasteiger partial charge on any atom is 0.0878 e. The summed E-state index contributed by atoms with van der Waals surface area (Å²) in [7, 11) is 0. The molecule has 2 aromatic heterocycles. The van der Waals surface area contributed by atoms with Gasteiger partial charge in [0, 0.05) is 13.8 Å². The normalized spacial score (nSPS) is 10.6. The van der Waals surface area contributed by atoms with Gasteiger partial charge in [0.15, 0.2) is 0 Å². The summed E-state index contributed by atoms with van der Waals surface area (Å²) in [6.45, 7) is 2.13. The summed E-state index contributed by atoms with van der Waals surface area (Å²) in [5.74, 6) is 0. The SMILES string of the molecule is CCc1cnc2cc[nH]c2c1.[HH]. The van der Waals surface area contributed by atoms with Gasteiger partial charge in [0.05, 0.1) is 11.0 Å². The Labute approximate surface area is 66.8 Å². The minimum absolute atomic E-state index is 0. The van der Waals surface area contributed by atoms with E-state index in [-0.39, 0.29) is 1.43 Å². The van der Waals surface area contributed by atoms with Crippen LogP contribution < -0.4 is 0 Å². The summed E-state index contributed by atoms with van der Waals surface area (Å²) in [5, 5.41) is 0. The Morgan fingerprint density at radius 2 is 2.55 bits per heavy atom. The number of fused-ring (bicyclic) bond motifs is 1. The molecule has 0 aromatic carbocycles. The number of pyridine rings is 1. The van der Waals surface area contributed by atoms with Gasteiger partial charge in [0.2, 0.25) is 0 Å². The summed E-state index contributed by atoms with van der Waals surface area (Å²) in [6.07, 6.45) is 4.88. The van der Waals surface area contributed by atoms with Crippen molar-refractivity contribution in [3.63, 3.8) is 0 Å². The highest BCUT2D eigenvalue weighted by atomic mass is 14.7. The molecule has 1 N–H and O–H groups in total. The number of nitrogens with zero attached hydrogens (tertiary/aromatic N) is 1. The molecule has 2 heterocycles. The predicted molar refractivity (Wildman–Crippen MR) is 47.6 cm³/mol. The standard InChI is InChI=1S/C9H10N2.H2/c1-2-7-5-9-8(11-6-7)3-4-10-9;/h3-6,10H,2H2,1H3;1H. The molecule has 2 rings (SSSR count). The highest BCUT2D eigenvalue weighted by Crippen LogP contribution is 2.10. The van der Waals surface area contributed by atoms with Crippen LogP contribution in [0.3, 0.4) is 0 Å². The Hall–Kier alpha value is -1.31. The zero-order valence-corrected chi connectivity index (χ0v) is 6.46. The van der Waals surface area contributed by atoms with Gasteiger partial charge in [-0.3, -0.25) is 4.98 Å². The number of H-pyrrole nitrogens is 1. The van der Waals surface area contributed by atoms with E-state index in [4.69, 9.17) is 0 Å². The molecule has 0 radical (unpaired) electrons. The highest BCUT2D eigenvalue weighted by molar-refractivity contribution is 5.74. The molecule has 0 aliphatic heterocycles. The van der Waals surface area contributed by atoms with Crippen molar-refractivity contribution in [3.8, 4) is 0 Å². The Morgan fingerprint density at radius 3 is 3.36 bits per heavy atom. The summed E-state index contributed by atoms with van der Waals surface area (Å²) < 4.78 is 0. The number of hydrogen-bond acceptors (Lipinski definition) is 1. The van der Waals surface area contributed by atoms with Crippen LogP contribution in [-0.2, 0) is 6.42 Å². The number of aromatic nitrogens is 2. The Kier molecular flexibility index (Phi) is 1.39. The lowest BCUT2D eigenvalue weighted by Crippen LogP contribution is -1.81. The van der Waals surface area contributed by atoms with Gasteiger partial charge < -0.3 is 4.98 Å². The van der Waals surface area contributed by atoms with E-state index in [1.165, 1.54) is 5.56 Å². The molecular weight excluding hydrogens is 136 g/mol. The maximum atomic E-state index is 4.28. The summed E-state index contributed by atoms with van der Waals surface area (Å²) >= 11 is 0. The number of hydrogen-bond donors (Lipinski definition) is 1. The average molecular weight is 148 g/mol. The van der Waals surface area contributed by atoms with E-state index in [1.54, 1.807) is 0 Å². The van der Waals surface area contributed by atoms with Crippen LogP contribution in [0.2, 0.25) is 0 Å². The van der Waals surface area contributed by atoms with E-state index in [1.807, 2.05) is 18.5 Å². The molecule has 0 bridgehead atoms. The van der Waals surface area contributed by atoms with Crippen LogP contribution in [0, 0.1) is 0 Å².